The van der Waals surface area contributed by atoms with Gasteiger partial charge in [-0.3, -0.25) is 25.2 Å². The van der Waals surface area contributed by atoms with E-state index in [4.69, 9.17) is 0 Å². The number of hydrogen-bond acceptors (Lipinski definition) is 3. The molecular formula is C16H14FN3O3. The van der Waals surface area contributed by atoms with Crippen molar-refractivity contribution >= 4 is 23.4 Å². The van der Waals surface area contributed by atoms with Gasteiger partial charge in [0.25, 0.3) is 11.8 Å². The van der Waals surface area contributed by atoms with E-state index < -0.39 is 17.6 Å². The van der Waals surface area contributed by atoms with Gasteiger partial charge in [-0.15, -0.1) is 0 Å². The summed E-state index contributed by atoms with van der Waals surface area (Å²) in [4.78, 5) is 34.8. The van der Waals surface area contributed by atoms with Crippen molar-refractivity contribution in [1.29, 1.82) is 0 Å². The predicted molar refractivity (Wildman–Crippen MR) is 82.1 cm³/mol. The van der Waals surface area contributed by atoms with Crippen molar-refractivity contribution in [2.24, 2.45) is 0 Å². The lowest BCUT2D eigenvalue weighted by Crippen LogP contribution is -2.41. The van der Waals surface area contributed by atoms with Crippen molar-refractivity contribution in [1.82, 2.24) is 10.9 Å². The van der Waals surface area contributed by atoms with Crippen molar-refractivity contribution in [2.75, 3.05) is 5.32 Å². The van der Waals surface area contributed by atoms with E-state index in [0.29, 0.717) is 5.69 Å². The fraction of sp³-hybridized carbons (Fsp3) is 0.0625. The summed E-state index contributed by atoms with van der Waals surface area (Å²) < 4.78 is 12.8. The van der Waals surface area contributed by atoms with E-state index in [0.717, 1.165) is 12.1 Å². The monoisotopic (exact) mass is 315 g/mol. The molecule has 118 valence electrons. The van der Waals surface area contributed by atoms with E-state index in [1.54, 1.807) is 12.1 Å². The standard InChI is InChI=1S/C16H14FN3O3/c1-10(21)18-14-4-2-3-12(9-14)16(23)20-19-15(22)11-5-7-13(17)8-6-11/h2-9H,1H3,(H,18,21)(H,19,22)(H,20,23). The SMILES string of the molecule is CC(=O)Nc1cccc(C(=O)NNC(=O)c2ccc(F)cc2)c1. The summed E-state index contributed by atoms with van der Waals surface area (Å²) in [7, 11) is 0. The van der Waals surface area contributed by atoms with Gasteiger partial charge in [0.2, 0.25) is 5.91 Å². The van der Waals surface area contributed by atoms with E-state index in [-0.39, 0.29) is 17.0 Å². The first-order chi connectivity index (χ1) is 11.0. The average Bonchev–Trinajstić information content (AvgIpc) is 2.52. The smallest absolute Gasteiger partial charge is 0.269 e. The summed E-state index contributed by atoms with van der Waals surface area (Å²) in [6, 6.07) is 11.1. The lowest BCUT2D eigenvalue weighted by Gasteiger charge is -2.09. The quantitative estimate of drug-likeness (QED) is 0.756. The Labute approximate surface area is 131 Å². The Morgan fingerprint density at radius 2 is 1.48 bits per heavy atom. The zero-order chi connectivity index (χ0) is 16.8. The Morgan fingerprint density at radius 1 is 0.870 bits per heavy atom. The Hall–Kier alpha value is -3.22. The molecule has 0 fully saturated rings. The normalized spacial score (nSPS) is 9.83. The molecule has 7 heteroatoms. The van der Waals surface area contributed by atoms with Gasteiger partial charge < -0.3 is 5.32 Å². The van der Waals surface area contributed by atoms with Gasteiger partial charge in [-0.25, -0.2) is 4.39 Å². The third-order valence-electron chi connectivity index (χ3n) is 2.84. The molecule has 0 aliphatic heterocycles. The molecule has 2 rings (SSSR count). The van der Waals surface area contributed by atoms with Crippen molar-refractivity contribution in [3.05, 3.63) is 65.5 Å². The number of amides is 3. The minimum atomic E-state index is -0.573. The number of halogens is 1. The molecule has 0 aromatic heterocycles. The molecule has 0 bridgehead atoms. The molecule has 0 saturated carbocycles. The molecule has 0 saturated heterocycles. The lowest BCUT2D eigenvalue weighted by molar-refractivity contribution is -0.114. The van der Waals surface area contributed by atoms with Gasteiger partial charge in [0.15, 0.2) is 0 Å². The fourth-order valence-corrected chi connectivity index (χ4v) is 1.80. The Bertz CT molecular complexity index is 744. The number of carbonyl (C=O) groups is 3. The van der Waals surface area contributed by atoms with Crippen molar-refractivity contribution in [2.45, 2.75) is 6.92 Å². The summed E-state index contributed by atoms with van der Waals surface area (Å²) in [5.41, 5.74) is 5.41. The molecule has 3 amide bonds. The van der Waals surface area contributed by atoms with Crippen LogP contribution in [-0.2, 0) is 4.79 Å². The predicted octanol–water partition coefficient (Wildman–Crippen LogP) is 1.86. The Morgan fingerprint density at radius 3 is 2.09 bits per heavy atom. The van der Waals surface area contributed by atoms with Crippen LogP contribution in [0, 0.1) is 5.82 Å². The van der Waals surface area contributed by atoms with Crippen molar-refractivity contribution in [3.63, 3.8) is 0 Å². The van der Waals surface area contributed by atoms with Crippen LogP contribution in [0.3, 0.4) is 0 Å². The zero-order valence-electron chi connectivity index (χ0n) is 12.2. The number of hydrogen-bond donors (Lipinski definition) is 3. The minimum absolute atomic E-state index is 0.207. The maximum atomic E-state index is 12.8. The number of nitrogens with one attached hydrogen (secondary N) is 3. The van der Waals surface area contributed by atoms with E-state index in [1.807, 2.05) is 0 Å². The summed E-state index contributed by atoms with van der Waals surface area (Å²) >= 11 is 0. The summed E-state index contributed by atoms with van der Waals surface area (Å²) in [5, 5.41) is 2.55. The number of anilines is 1. The summed E-state index contributed by atoms with van der Waals surface area (Å²) in [5.74, 6) is -1.84. The second-order valence-electron chi connectivity index (χ2n) is 4.68. The van der Waals surface area contributed by atoms with Crippen LogP contribution in [0.2, 0.25) is 0 Å². The maximum Gasteiger partial charge on any atom is 0.269 e. The number of carbonyl (C=O) groups excluding carboxylic acids is 3. The number of rotatable bonds is 3. The van der Waals surface area contributed by atoms with E-state index in [2.05, 4.69) is 16.2 Å². The van der Waals surface area contributed by atoms with Gasteiger partial charge >= 0.3 is 0 Å². The molecule has 2 aromatic rings. The molecule has 0 spiro atoms. The first-order valence-corrected chi connectivity index (χ1v) is 6.69. The molecule has 0 atom stereocenters. The van der Waals surface area contributed by atoms with Crippen LogP contribution in [0.1, 0.15) is 27.6 Å². The number of hydrazine groups is 1. The second kappa shape index (κ2) is 7.17. The average molecular weight is 315 g/mol. The van der Waals surface area contributed by atoms with Gasteiger partial charge in [-0.2, -0.15) is 0 Å². The first-order valence-electron chi connectivity index (χ1n) is 6.69. The molecule has 2 aromatic carbocycles. The minimum Gasteiger partial charge on any atom is -0.326 e. The lowest BCUT2D eigenvalue weighted by atomic mass is 10.2. The third kappa shape index (κ3) is 4.63. The molecule has 0 aliphatic rings. The van der Waals surface area contributed by atoms with Crippen LogP contribution >= 0.6 is 0 Å². The van der Waals surface area contributed by atoms with Crippen molar-refractivity contribution in [3.8, 4) is 0 Å². The van der Waals surface area contributed by atoms with E-state index in [9.17, 15) is 18.8 Å². The maximum absolute atomic E-state index is 12.8. The second-order valence-corrected chi connectivity index (χ2v) is 4.68. The Kier molecular flexibility index (Phi) is 5.03. The Balaban J connectivity index is 1.98. The third-order valence-corrected chi connectivity index (χ3v) is 2.84. The van der Waals surface area contributed by atoms with Gasteiger partial charge in [0.1, 0.15) is 5.82 Å². The van der Waals surface area contributed by atoms with Crippen LogP contribution < -0.4 is 16.2 Å². The van der Waals surface area contributed by atoms with Crippen molar-refractivity contribution < 1.29 is 18.8 Å². The highest BCUT2D eigenvalue weighted by molar-refractivity contribution is 6.00. The zero-order valence-corrected chi connectivity index (χ0v) is 12.2. The molecular weight excluding hydrogens is 301 g/mol. The van der Waals surface area contributed by atoms with E-state index in [1.165, 1.54) is 31.2 Å². The summed E-state index contributed by atoms with van der Waals surface area (Å²) in [6.45, 7) is 1.36. The van der Waals surface area contributed by atoms with Crippen LogP contribution in [0.15, 0.2) is 48.5 Å². The fourth-order valence-electron chi connectivity index (χ4n) is 1.80. The molecule has 6 nitrogen and oxygen atoms in total. The van der Waals surface area contributed by atoms with Gasteiger partial charge in [-0.05, 0) is 42.5 Å². The molecule has 0 aliphatic carbocycles. The summed E-state index contributed by atoms with van der Waals surface area (Å²) in [6.07, 6.45) is 0. The van der Waals surface area contributed by atoms with Crippen LogP contribution in [0.4, 0.5) is 10.1 Å². The topological polar surface area (TPSA) is 87.3 Å². The molecule has 3 N–H and O–H groups in total. The first kappa shape index (κ1) is 16.2. The van der Waals surface area contributed by atoms with Gasteiger partial charge in [-0.1, -0.05) is 6.07 Å². The number of benzene rings is 2. The largest absolute Gasteiger partial charge is 0.326 e. The van der Waals surface area contributed by atoms with E-state index >= 15 is 0 Å². The highest BCUT2D eigenvalue weighted by Crippen LogP contribution is 2.10. The van der Waals surface area contributed by atoms with Crippen LogP contribution in [-0.4, -0.2) is 17.7 Å². The molecule has 0 radical (unpaired) electrons. The molecule has 23 heavy (non-hydrogen) atoms. The molecule has 0 unspecified atom stereocenters. The van der Waals surface area contributed by atoms with Gasteiger partial charge in [0, 0.05) is 23.7 Å². The molecule has 0 heterocycles. The highest BCUT2D eigenvalue weighted by Gasteiger charge is 2.10. The van der Waals surface area contributed by atoms with Crippen LogP contribution in [0.5, 0.6) is 0 Å². The van der Waals surface area contributed by atoms with Crippen LogP contribution in [0.25, 0.3) is 0 Å². The van der Waals surface area contributed by atoms with Gasteiger partial charge in [0.05, 0.1) is 0 Å². The highest BCUT2D eigenvalue weighted by atomic mass is 19.1.